The van der Waals surface area contributed by atoms with Crippen LogP contribution in [-0.4, -0.2) is 21.0 Å². The first-order valence-electron chi connectivity index (χ1n) is 13.2. The molecule has 2 amide bonds. The predicted molar refractivity (Wildman–Crippen MR) is 162 cm³/mol. The normalized spacial score (nSPS) is 11.8. The van der Waals surface area contributed by atoms with Crippen LogP contribution < -0.4 is 10.6 Å². The number of pyridine rings is 1. The number of urea groups is 1. The van der Waals surface area contributed by atoms with Gasteiger partial charge in [0.2, 0.25) is 0 Å². The number of nitrogens with one attached hydrogen (secondary N) is 2. The Morgan fingerprint density at radius 3 is 2.26 bits per heavy atom. The van der Waals surface area contributed by atoms with Gasteiger partial charge in [0, 0.05) is 40.6 Å². The van der Waals surface area contributed by atoms with Gasteiger partial charge < -0.3 is 10.6 Å². The van der Waals surface area contributed by atoms with E-state index in [-0.39, 0.29) is 16.9 Å². The maximum atomic E-state index is 13.0. The Balaban J connectivity index is 1.48. The Kier molecular flexibility index (Phi) is 8.40. The molecule has 0 fully saturated rings. The molecule has 0 unspecified atom stereocenters. The molecule has 2 heterocycles. The van der Waals surface area contributed by atoms with E-state index >= 15 is 0 Å². The lowest BCUT2D eigenvalue weighted by Crippen LogP contribution is -2.24. The van der Waals surface area contributed by atoms with Crippen LogP contribution in [0, 0.1) is 0 Å². The summed E-state index contributed by atoms with van der Waals surface area (Å²) < 4.78 is 0. The number of rotatable bonds is 6. The molecule has 0 saturated carbocycles. The van der Waals surface area contributed by atoms with Crippen molar-refractivity contribution < 1.29 is 4.79 Å². The van der Waals surface area contributed by atoms with Crippen LogP contribution in [0.4, 0.5) is 16.2 Å². The quantitative estimate of drug-likeness (QED) is 0.257. The van der Waals surface area contributed by atoms with E-state index in [4.69, 9.17) is 0 Å². The number of benzene rings is 2. The fourth-order valence-electron chi connectivity index (χ4n) is 4.16. The Morgan fingerprint density at radius 1 is 0.846 bits per heavy atom. The number of hydrogen-bond donors (Lipinski definition) is 2. The molecule has 0 radical (unpaired) electrons. The minimum absolute atomic E-state index is 0.0178. The molecule has 0 aliphatic heterocycles. The van der Waals surface area contributed by atoms with Gasteiger partial charge in [-0.2, -0.15) is 0 Å². The van der Waals surface area contributed by atoms with Crippen molar-refractivity contribution in [3.63, 3.8) is 0 Å². The fraction of sp³-hybridized carbons (Fsp3) is 0.312. The second-order valence-electron chi connectivity index (χ2n) is 11.5. The van der Waals surface area contributed by atoms with Gasteiger partial charge in [-0.3, -0.25) is 0 Å². The van der Waals surface area contributed by atoms with Gasteiger partial charge >= 0.3 is 6.03 Å². The third kappa shape index (κ3) is 7.24. The lowest BCUT2D eigenvalue weighted by molar-refractivity contribution is 0.262. The number of anilines is 2. The zero-order chi connectivity index (χ0) is 28.2. The molecule has 0 bridgehead atoms. The number of amides is 2. The molecular formula is C32H37N5OS. The van der Waals surface area contributed by atoms with Crippen molar-refractivity contribution >= 4 is 29.2 Å². The molecule has 4 aromatic rings. The maximum Gasteiger partial charge on any atom is 0.323 e. The molecule has 0 aliphatic carbocycles. The molecule has 4 rings (SSSR count). The molecule has 2 aromatic heterocycles. The standard InChI is InChI=1S/C32H37N5OS/c1-8-28-33-19-17-26(36-28)24-10-9-18-34-29(24)39-23-14-12-22(13-15-23)35-30(38)37-27-20-21(31(2,3)4)11-16-25(27)32(5,6)7/h9-20H,8H2,1-7H3,(H2,35,37,38). The average molecular weight is 540 g/mol. The van der Waals surface area contributed by atoms with Crippen molar-refractivity contribution in [2.24, 2.45) is 0 Å². The van der Waals surface area contributed by atoms with E-state index in [0.29, 0.717) is 5.69 Å². The fourth-order valence-corrected chi connectivity index (χ4v) is 5.05. The van der Waals surface area contributed by atoms with Crippen LogP contribution >= 0.6 is 11.8 Å². The minimum atomic E-state index is -0.269. The summed E-state index contributed by atoms with van der Waals surface area (Å²) in [6.07, 6.45) is 4.35. The van der Waals surface area contributed by atoms with Crippen molar-refractivity contribution in [2.75, 3.05) is 10.6 Å². The molecule has 7 heteroatoms. The highest BCUT2D eigenvalue weighted by molar-refractivity contribution is 7.99. The number of carbonyl (C=O) groups excluding carboxylic acids is 1. The van der Waals surface area contributed by atoms with E-state index in [1.165, 1.54) is 5.56 Å². The van der Waals surface area contributed by atoms with Crippen LogP contribution in [0.5, 0.6) is 0 Å². The first-order chi connectivity index (χ1) is 18.4. The van der Waals surface area contributed by atoms with Gasteiger partial charge in [0.1, 0.15) is 10.9 Å². The minimum Gasteiger partial charge on any atom is -0.308 e. The second kappa shape index (κ2) is 11.6. The summed E-state index contributed by atoms with van der Waals surface area (Å²) in [5.41, 5.74) is 5.52. The summed E-state index contributed by atoms with van der Waals surface area (Å²) in [6.45, 7) is 15.0. The lowest BCUT2D eigenvalue weighted by Gasteiger charge is -2.27. The first kappa shape index (κ1) is 28.3. The molecule has 6 nitrogen and oxygen atoms in total. The van der Waals surface area contributed by atoms with Gasteiger partial charge in [0.25, 0.3) is 0 Å². The zero-order valence-corrected chi connectivity index (χ0v) is 24.6. The van der Waals surface area contributed by atoms with Crippen LogP contribution in [-0.2, 0) is 17.3 Å². The van der Waals surface area contributed by atoms with Gasteiger partial charge in [-0.15, -0.1) is 0 Å². The summed E-state index contributed by atoms with van der Waals surface area (Å²) in [4.78, 5) is 27.6. The SMILES string of the molecule is CCc1nccc(-c2cccnc2Sc2ccc(NC(=O)Nc3cc(C(C)(C)C)ccc3C(C)(C)C)cc2)n1. The molecule has 2 N–H and O–H groups in total. The Bertz CT molecular complexity index is 1450. The molecule has 39 heavy (non-hydrogen) atoms. The van der Waals surface area contributed by atoms with Gasteiger partial charge in [-0.25, -0.2) is 19.7 Å². The van der Waals surface area contributed by atoms with Gasteiger partial charge in [0.15, 0.2) is 0 Å². The topological polar surface area (TPSA) is 79.8 Å². The zero-order valence-electron chi connectivity index (χ0n) is 23.8. The summed E-state index contributed by atoms with van der Waals surface area (Å²) in [7, 11) is 0. The number of hydrogen-bond acceptors (Lipinski definition) is 5. The Hall–Kier alpha value is -3.71. The van der Waals surface area contributed by atoms with Gasteiger partial charge in [-0.1, -0.05) is 72.4 Å². The van der Waals surface area contributed by atoms with Crippen LogP contribution in [0.2, 0.25) is 0 Å². The van der Waals surface area contributed by atoms with E-state index < -0.39 is 0 Å². The number of aromatic nitrogens is 3. The molecule has 2 aromatic carbocycles. The highest BCUT2D eigenvalue weighted by Gasteiger charge is 2.22. The van der Waals surface area contributed by atoms with E-state index in [1.54, 1.807) is 24.2 Å². The van der Waals surface area contributed by atoms with Crippen LogP contribution in [0.15, 0.2) is 83.0 Å². The smallest absolute Gasteiger partial charge is 0.308 e. The van der Waals surface area contributed by atoms with E-state index in [9.17, 15) is 4.79 Å². The van der Waals surface area contributed by atoms with Crippen molar-refractivity contribution in [1.29, 1.82) is 0 Å². The summed E-state index contributed by atoms with van der Waals surface area (Å²) in [6, 6.07) is 19.7. The Labute approximate surface area is 236 Å². The van der Waals surface area contributed by atoms with Crippen molar-refractivity contribution in [3.8, 4) is 11.3 Å². The van der Waals surface area contributed by atoms with Gasteiger partial charge in [0.05, 0.1) is 5.69 Å². The van der Waals surface area contributed by atoms with E-state index in [1.807, 2.05) is 49.4 Å². The number of nitrogens with zero attached hydrogens (tertiary/aromatic N) is 3. The van der Waals surface area contributed by atoms with Crippen LogP contribution in [0.3, 0.4) is 0 Å². The summed E-state index contributed by atoms with van der Waals surface area (Å²) in [5, 5.41) is 6.93. The van der Waals surface area contributed by atoms with E-state index in [0.717, 1.165) is 44.7 Å². The summed E-state index contributed by atoms with van der Waals surface area (Å²) >= 11 is 1.56. The largest absolute Gasteiger partial charge is 0.323 e. The molecule has 202 valence electrons. The number of aryl methyl sites for hydroxylation is 1. The third-order valence-corrected chi connectivity index (χ3v) is 7.36. The lowest BCUT2D eigenvalue weighted by atomic mass is 9.81. The third-order valence-electron chi connectivity index (χ3n) is 6.34. The molecular weight excluding hydrogens is 502 g/mol. The maximum absolute atomic E-state index is 13.0. The Morgan fingerprint density at radius 2 is 1.59 bits per heavy atom. The average Bonchev–Trinajstić information content (AvgIpc) is 2.89. The van der Waals surface area contributed by atoms with E-state index in [2.05, 4.69) is 85.3 Å². The van der Waals surface area contributed by atoms with Crippen LogP contribution in [0.25, 0.3) is 11.3 Å². The predicted octanol–water partition coefficient (Wildman–Crippen LogP) is 8.49. The molecule has 0 aliphatic rings. The first-order valence-corrected chi connectivity index (χ1v) is 14.0. The monoisotopic (exact) mass is 539 g/mol. The molecule has 0 atom stereocenters. The number of carbonyl (C=O) groups is 1. The van der Waals surface area contributed by atoms with Crippen molar-refractivity contribution in [2.45, 2.75) is 75.6 Å². The highest BCUT2D eigenvalue weighted by Crippen LogP contribution is 2.35. The van der Waals surface area contributed by atoms with Crippen molar-refractivity contribution in [3.05, 3.63) is 90.0 Å². The molecule has 0 saturated heterocycles. The summed E-state index contributed by atoms with van der Waals surface area (Å²) in [5.74, 6) is 0.806. The molecule has 0 spiro atoms. The highest BCUT2D eigenvalue weighted by atomic mass is 32.2. The van der Waals surface area contributed by atoms with Gasteiger partial charge in [-0.05, 0) is 70.5 Å². The van der Waals surface area contributed by atoms with Crippen LogP contribution in [0.1, 0.15) is 65.4 Å². The van der Waals surface area contributed by atoms with Crippen molar-refractivity contribution in [1.82, 2.24) is 15.0 Å². The second-order valence-corrected chi connectivity index (χ2v) is 12.6.